The Morgan fingerprint density at radius 3 is 2.76 bits per heavy atom. The first-order valence-corrected chi connectivity index (χ1v) is 6.56. The van der Waals surface area contributed by atoms with Crippen LogP contribution in [0.3, 0.4) is 0 Å². The van der Waals surface area contributed by atoms with Crippen LogP contribution in [0.1, 0.15) is 0 Å². The van der Waals surface area contributed by atoms with Gasteiger partial charge in [0, 0.05) is 6.07 Å². The van der Waals surface area contributed by atoms with E-state index in [9.17, 15) is 0 Å². The highest BCUT2D eigenvalue weighted by Crippen LogP contribution is 2.29. The number of nitrogens with one attached hydrogen (secondary N) is 1. The van der Waals surface area contributed by atoms with Crippen molar-refractivity contribution < 1.29 is 9.47 Å². The molecule has 3 rings (SSSR count). The average Bonchev–Trinajstić information content (AvgIpc) is 2.96. The molecule has 108 valence electrons. The van der Waals surface area contributed by atoms with Crippen LogP contribution in [0.2, 0.25) is 0 Å². The largest absolute Gasteiger partial charge is 0.497 e. The Hall–Kier alpha value is -2.76. The lowest BCUT2D eigenvalue weighted by atomic mass is 10.2. The maximum atomic E-state index is 5.36. The number of benzene rings is 2. The van der Waals surface area contributed by atoms with E-state index >= 15 is 0 Å². The molecule has 0 spiro atoms. The first-order chi connectivity index (χ1) is 10.3. The number of ether oxygens (including phenoxy) is 2. The van der Waals surface area contributed by atoms with Crippen molar-refractivity contribution in [3.8, 4) is 11.5 Å². The molecule has 0 aliphatic carbocycles. The SMILES string of the molecule is COc1ccc(NCn2nnc3ccccc32)c(OC)c1. The zero-order valence-corrected chi connectivity index (χ0v) is 11.9. The number of para-hydroxylation sites is 1. The molecular weight excluding hydrogens is 268 g/mol. The zero-order valence-electron chi connectivity index (χ0n) is 11.9. The average molecular weight is 284 g/mol. The number of methoxy groups -OCH3 is 2. The summed E-state index contributed by atoms with van der Waals surface area (Å²) in [6.45, 7) is 0.503. The number of rotatable bonds is 5. The lowest BCUT2D eigenvalue weighted by molar-refractivity contribution is 0.395. The van der Waals surface area contributed by atoms with Crippen molar-refractivity contribution >= 4 is 16.7 Å². The van der Waals surface area contributed by atoms with Crippen LogP contribution < -0.4 is 14.8 Å². The van der Waals surface area contributed by atoms with Crippen LogP contribution >= 0.6 is 0 Å². The third kappa shape index (κ3) is 2.60. The van der Waals surface area contributed by atoms with Crippen LogP contribution in [0.5, 0.6) is 11.5 Å². The first-order valence-electron chi connectivity index (χ1n) is 6.56. The van der Waals surface area contributed by atoms with Gasteiger partial charge in [-0.2, -0.15) is 0 Å². The van der Waals surface area contributed by atoms with Gasteiger partial charge in [0.05, 0.1) is 25.4 Å². The summed E-state index contributed by atoms with van der Waals surface area (Å²) in [6, 6.07) is 13.5. The summed E-state index contributed by atoms with van der Waals surface area (Å²) in [6.07, 6.45) is 0. The van der Waals surface area contributed by atoms with Crippen LogP contribution in [0.15, 0.2) is 42.5 Å². The molecule has 0 fully saturated rings. The van der Waals surface area contributed by atoms with E-state index in [2.05, 4.69) is 15.6 Å². The third-order valence-electron chi connectivity index (χ3n) is 3.25. The molecule has 6 nitrogen and oxygen atoms in total. The van der Waals surface area contributed by atoms with Crippen LogP contribution in [0.4, 0.5) is 5.69 Å². The Morgan fingerprint density at radius 1 is 1.10 bits per heavy atom. The van der Waals surface area contributed by atoms with Gasteiger partial charge >= 0.3 is 0 Å². The minimum absolute atomic E-state index is 0.503. The predicted octanol–water partition coefficient (Wildman–Crippen LogP) is 2.52. The first kappa shape index (κ1) is 13.2. The number of hydrogen-bond donors (Lipinski definition) is 1. The molecule has 0 saturated carbocycles. The van der Waals surface area contributed by atoms with Crippen LogP contribution in [0.25, 0.3) is 11.0 Å². The Balaban J connectivity index is 1.81. The fourth-order valence-electron chi connectivity index (χ4n) is 2.14. The summed E-state index contributed by atoms with van der Waals surface area (Å²) in [5, 5.41) is 11.6. The molecule has 0 bridgehead atoms. The van der Waals surface area contributed by atoms with Gasteiger partial charge in [-0.3, -0.25) is 0 Å². The van der Waals surface area contributed by atoms with Crippen molar-refractivity contribution in [1.82, 2.24) is 15.0 Å². The second-order valence-electron chi connectivity index (χ2n) is 4.48. The molecule has 0 atom stereocenters. The quantitative estimate of drug-likeness (QED) is 0.780. The second-order valence-corrected chi connectivity index (χ2v) is 4.48. The lowest BCUT2D eigenvalue weighted by Crippen LogP contribution is -2.10. The van der Waals surface area contributed by atoms with E-state index in [1.807, 2.05) is 42.5 Å². The van der Waals surface area contributed by atoms with Gasteiger partial charge in [0.25, 0.3) is 0 Å². The van der Waals surface area contributed by atoms with Crippen molar-refractivity contribution in [3.63, 3.8) is 0 Å². The van der Waals surface area contributed by atoms with Gasteiger partial charge in [0.15, 0.2) is 0 Å². The molecule has 6 heteroatoms. The Bertz CT molecular complexity index is 754. The number of fused-ring (bicyclic) bond motifs is 1. The predicted molar refractivity (Wildman–Crippen MR) is 80.7 cm³/mol. The fourth-order valence-corrected chi connectivity index (χ4v) is 2.14. The van der Waals surface area contributed by atoms with Crippen molar-refractivity contribution in [1.29, 1.82) is 0 Å². The lowest BCUT2D eigenvalue weighted by Gasteiger charge is -2.12. The van der Waals surface area contributed by atoms with Gasteiger partial charge in [0.2, 0.25) is 0 Å². The van der Waals surface area contributed by atoms with Gasteiger partial charge in [-0.1, -0.05) is 17.3 Å². The normalized spacial score (nSPS) is 10.6. The second kappa shape index (κ2) is 5.70. The molecule has 0 radical (unpaired) electrons. The Kier molecular flexibility index (Phi) is 3.59. The minimum atomic E-state index is 0.503. The number of anilines is 1. The summed E-state index contributed by atoms with van der Waals surface area (Å²) < 4.78 is 12.3. The fraction of sp³-hybridized carbons (Fsp3) is 0.200. The number of nitrogens with zero attached hydrogens (tertiary/aromatic N) is 3. The summed E-state index contributed by atoms with van der Waals surface area (Å²) >= 11 is 0. The highest BCUT2D eigenvalue weighted by atomic mass is 16.5. The highest BCUT2D eigenvalue weighted by Gasteiger charge is 2.06. The van der Waals surface area contributed by atoms with Crippen LogP contribution in [-0.4, -0.2) is 29.2 Å². The Labute approximate surface area is 122 Å². The monoisotopic (exact) mass is 284 g/mol. The van der Waals surface area contributed by atoms with E-state index in [1.54, 1.807) is 18.9 Å². The van der Waals surface area contributed by atoms with E-state index in [0.29, 0.717) is 6.67 Å². The van der Waals surface area contributed by atoms with Crippen molar-refractivity contribution in [2.24, 2.45) is 0 Å². The molecule has 3 aromatic rings. The summed E-state index contributed by atoms with van der Waals surface area (Å²) in [5.74, 6) is 1.47. The number of aromatic nitrogens is 3. The van der Waals surface area contributed by atoms with Crippen molar-refractivity contribution in [2.75, 3.05) is 19.5 Å². The smallest absolute Gasteiger partial charge is 0.145 e. The van der Waals surface area contributed by atoms with E-state index < -0.39 is 0 Å². The third-order valence-corrected chi connectivity index (χ3v) is 3.25. The minimum Gasteiger partial charge on any atom is -0.497 e. The van der Waals surface area contributed by atoms with Gasteiger partial charge in [-0.15, -0.1) is 5.10 Å². The van der Waals surface area contributed by atoms with Gasteiger partial charge in [-0.25, -0.2) is 4.68 Å². The van der Waals surface area contributed by atoms with Gasteiger partial charge < -0.3 is 14.8 Å². The van der Waals surface area contributed by atoms with E-state index in [-0.39, 0.29) is 0 Å². The van der Waals surface area contributed by atoms with Crippen LogP contribution in [0, 0.1) is 0 Å². The van der Waals surface area contributed by atoms with Gasteiger partial charge in [0.1, 0.15) is 23.7 Å². The summed E-state index contributed by atoms with van der Waals surface area (Å²) in [7, 11) is 3.26. The summed E-state index contributed by atoms with van der Waals surface area (Å²) in [4.78, 5) is 0. The molecule has 1 heterocycles. The zero-order chi connectivity index (χ0) is 14.7. The molecule has 0 amide bonds. The summed E-state index contributed by atoms with van der Waals surface area (Å²) in [5.41, 5.74) is 2.73. The Morgan fingerprint density at radius 2 is 1.95 bits per heavy atom. The standard InChI is InChI=1S/C15H16N4O2/c1-20-11-7-8-13(15(9-11)21-2)16-10-19-14-6-4-3-5-12(14)17-18-19/h3-9,16H,10H2,1-2H3. The van der Waals surface area contributed by atoms with E-state index in [4.69, 9.17) is 9.47 Å². The maximum absolute atomic E-state index is 5.36. The molecule has 0 aliphatic rings. The topological polar surface area (TPSA) is 61.2 Å². The van der Waals surface area contributed by atoms with E-state index in [0.717, 1.165) is 28.2 Å². The molecule has 0 saturated heterocycles. The highest BCUT2D eigenvalue weighted by molar-refractivity contribution is 5.74. The molecule has 1 aromatic heterocycles. The van der Waals surface area contributed by atoms with E-state index in [1.165, 1.54) is 0 Å². The molecule has 0 unspecified atom stereocenters. The van der Waals surface area contributed by atoms with Crippen LogP contribution in [-0.2, 0) is 6.67 Å². The molecule has 0 aliphatic heterocycles. The van der Waals surface area contributed by atoms with Crippen molar-refractivity contribution in [2.45, 2.75) is 6.67 Å². The van der Waals surface area contributed by atoms with Crippen molar-refractivity contribution in [3.05, 3.63) is 42.5 Å². The molecule has 1 N–H and O–H groups in total. The number of hydrogen-bond acceptors (Lipinski definition) is 5. The molecule has 21 heavy (non-hydrogen) atoms. The molecular formula is C15H16N4O2. The molecule has 2 aromatic carbocycles. The van der Waals surface area contributed by atoms with Gasteiger partial charge in [-0.05, 0) is 24.3 Å². The maximum Gasteiger partial charge on any atom is 0.145 e.